The van der Waals surface area contributed by atoms with Crippen molar-refractivity contribution in [2.45, 2.75) is 19.4 Å². The van der Waals surface area contributed by atoms with E-state index in [2.05, 4.69) is 15.9 Å². The van der Waals surface area contributed by atoms with Gasteiger partial charge in [0, 0.05) is 19.6 Å². The van der Waals surface area contributed by atoms with Gasteiger partial charge in [0.2, 0.25) is 5.91 Å². The summed E-state index contributed by atoms with van der Waals surface area (Å²) in [6.45, 7) is 2.31. The van der Waals surface area contributed by atoms with E-state index in [9.17, 15) is 9.18 Å². The second-order valence-corrected chi connectivity index (χ2v) is 4.87. The average Bonchev–Trinajstić information content (AvgIpc) is 2.31. The predicted molar refractivity (Wildman–Crippen MR) is 76.3 cm³/mol. The Morgan fingerprint density at radius 2 is 2.17 bits per heavy atom. The van der Waals surface area contributed by atoms with Crippen LogP contribution in [0.3, 0.4) is 0 Å². The molecule has 0 saturated carbocycles. The van der Waals surface area contributed by atoms with Gasteiger partial charge in [-0.3, -0.25) is 4.79 Å². The van der Waals surface area contributed by atoms with Crippen LogP contribution in [0.2, 0.25) is 0 Å². The fourth-order valence-corrected chi connectivity index (χ4v) is 1.78. The van der Waals surface area contributed by atoms with Gasteiger partial charge in [-0.05, 0) is 40.5 Å². The topological polar surface area (TPSA) is 46.3 Å². The van der Waals surface area contributed by atoms with Gasteiger partial charge < -0.3 is 10.6 Å². The Balaban J connectivity index is 0.00000289. The molecule has 0 aliphatic heterocycles. The predicted octanol–water partition coefficient (Wildman–Crippen LogP) is 2.36. The molecule has 2 N–H and O–H groups in total. The molecule has 1 rings (SSSR count). The lowest BCUT2D eigenvalue weighted by molar-refractivity contribution is -0.130. The lowest BCUT2D eigenvalue weighted by Crippen LogP contribution is -2.40. The number of benzene rings is 1. The second-order valence-electron chi connectivity index (χ2n) is 4.01. The third kappa shape index (κ3) is 4.55. The number of carbonyl (C=O) groups is 1. The fourth-order valence-electron chi connectivity index (χ4n) is 1.35. The Labute approximate surface area is 121 Å². The zero-order valence-electron chi connectivity index (χ0n) is 10.3. The zero-order valence-corrected chi connectivity index (χ0v) is 12.7. The van der Waals surface area contributed by atoms with Crippen LogP contribution < -0.4 is 5.73 Å². The number of hydrogen-bond acceptors (Lipinski definition) is 2. The van der Waals surface area contributed by atoms with Crippen molar-refractivity contribution < 1.29 is 9.18 Å². The van der Waals surface area contributed by atoms with Crippen LogP contribution in [0.4, 0.5) is 4.39 Å². The Bertz CT molecular complexity index is 417. The van der Waals surface area contributed by atoms with Gasteiger partial charge in [0.05, 0.1) is 10.9 Å². The van der Waals surface area contributed by atoms with E-state index in [1.807, 2.05) is 6.92 Å². The van der Waals surface area contributed by atoms with Gasteiger partial charge in [-0.2, -0.15) is 0 Å². The molecule has 102 valence electrons. The molecule has 0 aliphatic rings. The van der Waals surface area contributed by atoms with Crippen molar-refractivity contribution in [1.82, 2.24) is 4.90 Å². The van der Waals surface area contributed by atoms with Gasteiger partial charge in [0.25, 0.3) is 0 Å². The molecule has 6 heteroatoms. The number of halogens is 3. The van der Waals surface area contributed by atoms with Crippen LogP contribution in [-0.4, -0.2) is 30.4 Å². The largest absolute Gasteiger partial charge is 0.341 e. The number of likely N-dealkylation sites (N-methyl/N-ethyl adjacent to an activating group) is 1. The van der Waals surface area contributed by atoms with Crippen molar-refractivity contribution in [3.8, 4) is 0 Å². The van der Waals surface area contributed by atoms with E-state index in [-0.39, 0.29) is 36.6 Å². The third-order valence-corrected chi connectivity index (χ3v) is 3.34. The first-order valence-electron chi connectivity index (χ1n) is 5.35. The summed E-state index contributed by atoms with van der Waals surface area (Å²) >= 11 is 3.10. The number of carbonyl (C=O) groups excluding carboxylic acids is 1. The zero-order chi connectivity index (χ0) is 13.0. The minimum absolute atomic E-state index is 0. The van der Waals surface area contributed by atoms with Crippen molar-refractivity contribution >= 4 is 34.2 Å². The van der Waals surface area contributed by atoms with Gasteiger partial charge >= 0.3 is 0 Å². The highest BCUT2D eigenvalue weighted by molar-refractivity contribution is 9.10. The van der Waals surface area contributed by atoms with Crippen LogP contribution in [0.25, 0.3) is 0 Å². The molecule has 1 amide bonds. The maximum absolute atomic E-state index is 13.0. The van der Waals surface area contributed by atoms with Crippen LogP contribution in [0, 0.1) is 5.82 Å². The monoisotopic (exact) mass is 338 g/mol. The first kappa shape index (κ1) is 17.4. The van der Waals surface area contributed by atoms with Crippen molar-refractivity contribution in [3.63, 3.8) is 0 Å². The van der Waals surface area contributed by atoms with Crippen LogP contribution in [0.15, 0.2) is 22.7 Å². The molecular weight excluding hydrogens is 322 g/mol. The lowest BCUT2D eigenvalue weighted by atomic mass is 10.1. The molecule has 0 heterocycles. The maximum Gasteiger partial charge on any atom is 0.227 e. The molecule has 0 saturated heterocycles. The average molecular weight is 340 g/mol. The Morgan fingerprint density at radius 1 is 1.56 bits per heavy atom. The minimum atomic E-state index is -0.329. The Hall–Kier alpha value is -0.650. The summed E-state index contributed by atoms with van der Waals surface area (Å²) in [5.74, 6) is -0.355. The summed E-state index contributed by atoms with van der Waals surface area (Å²) in [6.07, 6.45) is 0.250. The van der Waals surface area contributed by atoms with E-state index in [4.69, 9.17) is 5.73 Å². The number of amides is 1. The molecule has 1 unspecified atom stereocenters. The van der Waals surface area contributed by atoms with E-state index in [1.165, 1.54) is 6.07 Å². The first-order valence-corrected chi connectivity index (χ1v) is 6.14. The highest BCUT2D eigenvalue weighted by atomic mass is 79.9. The quantitative estimate of drug-likeness (QED) is 0.915. The van der Waals surface area contributed by atoms with E-state index in [0.29, 0.717) is 11.0 Å². The highest BCUT2D eigenvalue weighted by Gasteiger charge is 2.15. The molecule has 0 radical (unpaired) electrons. The van der Waals surface area contributed by atoms with E-state index in [1.54, 1.807) is 24.1 Å². The van der Waals surface area contributed by atoms with Crippen molar-refractivity contribution in [2.24, 2.45) is 5.73 Å². The van der Waals surface area contributed by atoms with Gasteiger partial charge in [0.1, 0.15) is 5.82 Å². The summed E-state index contributed by atoms with van der Waals surface area (Å²) < 4.78 is 13.4. The molecule has 1 aromatic carbocycles. The molecule has 0 spiro atoms. The molecule has 1 aromatic rings. The number of hydrogen-bond donors (Lipinski definition) is 1. The van der Waals surface area contributed by atoms with Crippen LogP contribution in [0.1, 0.15) is 12.5 Å². The van der Waals surface area contributed by atoms with E-state index >= 15 is 0 Å². The second kappa shape index (κ2) is 7.71. The number of nitrogens with zero attached hydrogens (tertiary/aromatic N) is 1. The van der Waals surface area contributed by atoms with Gasteiger partial charge in [-0.1, -0.05) is 6.07 Å². The van der Waals surface area contributed by atoms with Gasteiger partial charge in [-0.15, -0.1) is 12.4 Å². The van der Waals surface area contributed by atoms with Crippen molar-refractivity contribution in [1.29, 1.82) is 0 Å². The Morgan fingerprint density at radius 3 is 2.67 bits per heavy atom. The molecule has 0 fully saturated rings. The SMILES string of the molecule is CC(CN)N(C)C(=O)Cc1ccc(F)c(Br)c1.Cl. The standard InChI is InChI=1S/C12H16BrFN2O.ClH/c1-8(7-15)16(2)12(17)6-9-3-4-11(14)10(13)5-9;/h3-5,8H,6-7,15H2,1-2H3;1H. The molecule has 0 aromatic heterocycles. The highest BCUT2D eigenvalue weighted by Crippen LogP contribution is 2.17. The summed E-state index contributed by atoms with van der Waals surface area (Å²) in [7, 11) is 1.72. The van der Waals surface area contributed by atoms with Crippen LogP contribution >= 0.6 is 28.3 Å². The van der Waals surface area contributed by atoms with E-state index in [0.717, 1.165) is 5.56 Å². The molecule has 18 heavy (non-hydrogen) atoms. The molecular formula is C12H17BrClFN2O. The van der Waals surface area contributed by atoms with Crippen molar-refractivity contribution in [3.05, 3.63) is 34.1 Å². The summed E-state index contributed by atoms with van der Waals surface area (Å²) in [5, 5.41) is 0. The number of rotatable bonds is 4. The van der Waals surface area contributed by atoms with Crippen LogP contribution in [-0.2, 0) is 11.2 Å². The molecule has 0 aliphatic carbocycles. The normalized spacial score (nSPS) is 11.6. The molecule has 3 nitrogen and oxygen atoms in total. The minimum Gasteiger partial charge on any atom is -0.341 e. The lowest BCUT2D eigenvalue weighted by Gasteiger charge is -2.23. The molecule has 0 bridgehead atoms. The number of nitrogens with two attached hydrogens (primary N) is 1. The van der Waals surface area contributed by atoms with Crippen molar-refractivity contribution in [2.75, 3.05) is 13.6 Å². The summed E-state index contributed by atoms with van der Waals surface area (Å²) in [6, 6.07) is 4.58. The Kier molecular flexibility index (Phi) is 7.43. The molecule has 1 atom stereocenters. The maximum atomic E-state index is 13.0. The van der Waals surface area contributed by atoms with Crippen LogP contribution in [0.5, 0.6) is 0 Å². The van der Waals surface area contributed by atoms with Gasteiger partial charge in [0.15, 0.2) is 0 Å². The third-order valence-electron chi connectivity index (χ3n) is 2.74. The van der Waals surface area contributed by atoms with E-state index < -0.39 is 0 Å². The first-order chi connectivity index (χ1) is 7.95. The smallest absolute Gasteiger partial charge is 0.227 e. The fraction of sp³-hybridized carbons (Fsp3) is 0.417. The summed E-state index contributed by atoms with van der Waals surface area (Å²) in [4.78, 5) is 13.5. The van der Waals surface area contributed by atoms with Gasteiger partial charge in [-0.25, -0.2) is 4.39 Å². The summed E-state index contributed by atoms with van der Waals surface area (Å²) in [5.41, 5.74) is 6.27.